The molecule has 0 radical (unpaired) electrons. The summed E-state index contributed by atoms with van der Waals surface area (Å²) in [6, 6.07) is 4.39. The SMILES string of the molecule is COCCOc1c(Cl)cccc1NC(=O)NC(CO)CC(C)C. The summed E-state index contributed by atoms with van der Waals surface area (Å²) in [5.74, 6) is 0.761. The zero-order chi connectivity index (χ0) is 17.2. The van der Waals surface area contributed by atoms with Gasteiger partial charge in [0.1, 0.15) is 6.61 Å². The molecule has 1 rings (SSSR count). The molecule has 0 aliphatic heterocycles. The molecule has 130 valence electrons. The summed E-state index contributed by atoms with van der Waals surface area (Å²) in [7, 11) is 1.58. The van der Waals surface area contributed by atoms with Crippen LogP contribution in [0.2, 0.25) is 5.02 Å². The number of aliphatic hydroxyl groups excluding tert-OH is 1. The third kappa shape index (κ3) is 7.07. The van der Waals surface area contributed by atoms with Gasteiger partial charge in [-0.05, 0) is 24.5 Å². The van der Waals surface area contributed by atoms with Crippen LogP contribution in [-0.4, -0.2) is 44.1 Å². The normalized spacial score (nSPS) is 12.1. The molecule has 6 nitrogen and oxygen atoms in total. The number of hydrogen-bond acceptors (Lipinski definition) is 4. The number of carbonyl (C=O) groups is 1. The van der Waals surface area contributed by atoms with Crippen molar-refractivity contribution in [3.8, 4) is 5.75 Å². The predicted octanol–water partition coefficient (Wildman–Crippen LogP) is 2.89. The van der Waals surface area contributed by atoms with Gasteiger partial charge >= 0.3 is 6.03 Å². The molecule has 0 aliphatic carbocycles. The van der Waals surface area contributed by atoms with Crippen LogP contribution in [0.15, 0.2) is 18.2 Å². The fourth-order valence-electron chi connectivity index (χ4n) is 2.07. The van der Waals surface area contributed by atoms with Gasteiger partial charge in [-0.3, -0.25) is 0 Å². The summed E-state index contributed by atoms with van der Waals surface area (Å²) in [4.78, 5) is 12.1. The lowest BCUT2D eigenvalue weighted by Gasteiger charge is -2.19. The number of urea groups is 1. The number of halogens is 1. The first-order valence-electron chi connectivity index (χ1n) is 7.56. The maximum absolute atomic E-state index is 12.1. The minimum absolute atomic E-state index is 0.113. The molecule has 0 aromatic heterocycles. The second-order valence-corrected chi connectivity index (χ2v) is 5.97. The Hall–Kier alpha value is -1.50. The van der Waals surface area contributed by atoms with Crippen LogP contribution in [0.4, 0.5) is 10.5 Å². The van der Waals surface area contributed by atoms with Crippen molar-refractivity contribution >= 4 is 23.3 Å². The first-order valence-corrected chi connectivity index (χ1v) is 7.94. The van der Waals surface area contributed by atoms with E-state index in [1.807, 2.05) is 13.8 Å². The Kier molecular flexibility index (Phi) is 8.76. The zero-order valence-electron chi connectivity index (χ0n) is 13.8. The quantitative estimate of drug-likeness (QED) is 0.602. The number of aliphatic hydroxyl groups is 1. The Morgan fingerprint density at radius 1 is 1.35 bits per heavy atom. The zero-order valence-corrected chi connectivity index (χ0v) is 14.5. The van der Waals surface area contributed by atoms with Crippen LogP contribution in [0.3, 0.4) is 0 Å². The molecule has 0 saturated carbocycles. The van der Waals surface area contributed by atoms with Gasteiger partial charge in [0, 0.05) is 7.11 Å². The Morgan fingerprint density at radius 3 is 2.70 bits per heavy atom. The van der Waals surface area contributed by atoms with Gasteiger partial charge in [0.25, 0.3) is 0 Å². The van der Waals surface area contributed by atoms with E-state index >= 15 is 0 Å². The minimum atomic E-state index is -0.413. The summed E-state index contributed by atoms with van der Waals surface area (Å²) in [6.45, 7) is 4.68. The largest absolute Gasteiger partial charge is 0.487 e. The summed E-state index contributed by atoms with van der Waals surface area (Å²) in [5, 5.41) is 15.2. The third-order valence-corrected chi connectivity index (χ3v) is 3.36. The smallest absolute Gasteiger partial charge is 0.319 e. The number of hydrogen-bond donors (Lipinski definition) is 3. The third-order valence-electron chi connectivity index (χ3n) is 3.06. The molecule has 0 spiro atoms. The maximum Gasteiger partial charge on any atom is 0.319 e. The summed E-state index contributed by atoms with van der Waals surface area (Å²) in [5.41, 5.74) is 0.465. The van der Waals surface area contributed by atoms with Crippen LogP contribution < -0.4 is 15.4 Å². The van der Waals surface area contributed by atoms with E-state index in [1.165, 1.54) is 0 Å². The van der Waals surface area contributed by atoms with E-state index in [0.29, 0.717) is 42.0 Å². The molecule has 7 heteroatoms. The van der Waals surface area contributed by atoms with Crippen molar-refractivity contribution in [1.29, 1.82) is 0 Å². The Balaban J connectivity index is 2.71. The molecule has 0 heterocycles. The topological polar surface area (TPSA) is 79.8 Å². The van der Waals surface area contributed by atoms with E-state index in [2.05, 4.69) is 10.6 Å². The van der Waals surface area contributed by atoms with Crippen molar-refractivity contribution in [3.63, 3.8) is 0 Å². The Bertz CT molecular complexity index is 497. The first-order chi connectivity index (χ1) is 11.0. The van der Waals surface area contributed by atoms with Crippen molar-refractivity contribution in [3.05, 3.63) is 23.2 Å². The van der Waals surface area contributed by atoms with Crippen molar-refractivity contribution in [2.45, 2.75) is 26.3 Å². The molecule has 1 unspecified atom stereocenters. The fraction of sp³-hybridized carbons (Fsp3) is 0.562. The number of carbonyl (C=O) groups excluding carboxylic acids is 1. The number of rotatable bonds is 9. The highest BCUT2D eigenvalue weighted by atomic mass is 35.5. The van der Waals surface area contributed by atoms with E-state index in [1.54, 1.807) is 25.3 Å². The molecular weight excluding hydrogens is 320 g/mol. The van der Waals surface area contributed by atoms with Crippen molar-refractivity contribution in [1.82, 2.24) is 5.32 Å². The maximum atomic E-state index is 12.1. The van der Waals surface area contributed by atoms with E-state index in [9.17, 15) is 9.90 Å². The van der Waals surface area contributed by atoms with E-state index in [-0.39, 0.29) is 12.6 Å². The molecule has 0 fully saturated rings. The predicted molar refractivity (Wildman–Crippen MR) is 91.3 cm³/mol. The lowest BCUT2D eigenvalue weighted by molar-refractivity contribution is 0.146. The van der Waals surface area contributed by atoms with Gasteiger partial charge in [-0.15, -0.1) is 0 Å². The van der Waals surface area contributed by atoms with Crippen LogP contribution in [0.1, 0.15) is 20.3 Å². The van der Waals surface area contributed by atoms with Gasteiger partial charge in [-0.25, -0.2) is 4.79 Å². The van der Waals surface area contributed by atoms with E-state index < -0.39 is 6.03 Å². The molecule has 1 aromatic rings. The van der Waals surface area contributed by atoms with Gasteiger partial charge in [0.15, 0.2) is 5.75 Å². The molecule has 0 bridgehead atoms. The monoisotopic (exact) mass is 344 g/mol. The van der Waals surface area contributed by atoms with E-state index in [4.69, 9.17) is 21.1 Å². The molecule has 0 saturated heterocycles. The summed E-state index contributed by atoms with van der Waals surface area (Å²) in [6.07, 6.45) is 0.691. The average molecular weight is 345 g/mol. The van der Waals surface area contributed by atoms with Crippen molar-refractivity contribution in [2.24, 2.45) is 5.92 Å². The molecule has 2 amide bonds. The van der Waals surface area contributed by atoms with Crippen molar-refractivity contribution in [2.75, 3.05) is 32.2 Å². The van der Waals surface area contributed by atoms with Gasteiger partial charge in [0.2, 0.25) is 0 Å². The fourth-order valence-corrected chi connectivity index (χ4v) is 2.30. The number of para-hydroxylation sites is 1. The lowest BCUT2D eigenvalue weighted by atomic mass is 10.0. The highest BCUT2D eigenvalue weighted by molar-refractivity contribution is 6.32. The highest BCUT2D eigenvalue weighted by Crippen LogP contribution is 2.32. The number of amides is 2. The van der Waals surface area contributed by atoms with Crippen LogP contribution in [0.5, 0.6) is 5.75 Å². The Labute approximate surface area is 142 Å². The Morgan fingerprint density at radius 2 is 2.09 bits per heavy atom. The molecule has 1 atom stereocenters. The summed E-state index contributed by atoms with van der Waals surface area (Å²) < 4.78 is 10.5. The van der Waals surface area contributed by atoms with E-state index in [0.717, 1.165) is 0 Å². The molecule has 23 heavy (non-hydrogen) atoms. The minimum Gasteiger partial charge on any atom is -0.487 e. The number of anilines is 1. The second-order valence-electron chi connectivity index (χ2n) is 5.57. The highest BCUT2D eigenvalue weighted by Gasteiger charge is 2.15. The second kappa shape index (κ2) is 10.3. The van der Waals surface area contributed by atoms with Crippen LogP contribution in [0.25, 0.3) is 0 Å². The van der Waals surface area contributed by atoms with Crippen LogP contribution >= 0.6 is 11.6 Å². The van der Waals surface area contributed by atoms with Crippen molar-refractivity contribution < 1.29 is 19.4 Å². The van der Waals surface area contributed by atoms with Gasteiger partial charge in [-0.1, -0.05) is 31.5 Å². The number of ether oxygens (including phenoxy) is 2. The average Bonchev–Trinajstić information content (AvgIpc) is 2.49. The number of nitrogens with one attached hydrogen (secondary N) is 2. The molecular formula is C16H25ClN2O4. The summed E-state index contributed by atoms with van der Waals surface area (Å²) >= 11 is 6.12. The van der Waals surface area contributed by atoms with Crippen LogP contribution in [-0.2, 0) is 4.74 Å². The molecule has 3 N–H and O–H groups in total. The van der Waals surface area contributed by atoms with Crippen LogP contribution in [0, 0.1) is 5.92 Å². The molecule has 1 aromatic carbocycles. The number of benzene rings is 1. The lowest BCUT2D eigenvalue weighted by Crippen LogP contribution is -2.41. The number of methoxy groups -OCH3 is 1. The van der Waals surface area contributed by atoms with Gasteiger partial charge in [-0.2, -0.15) is 0 Å². The standard InChI is InChI=1S/C16H25ClN2O4/c1-11(2)9-12(10-20)18-16(21)19-14-6-4-5-13(17)15(14)23-8-7-22-3/h4-6,11-12,20H,7-10H2,1-3H3,(H2,18,19,21). The van der Waals surface area contributed by atoms with Gasteiger partial charge in [0.05, 0.1) is 30.0 Å². The molecule has 0 aliphatic rings. The van der Waals surface area contributed by atoms with Gasteiger partial charge < -0.3 is 25.2 Å². The first kappa shape index (κ1) is 19.5.